The molecule has 3 rings (SSSR count). The van der Waals surface area contributed by atoms with Crippen LogP contribution < -0.4 is 4.74 Å². The first-order valence-corrected chi connectivity index (χ1v) is 11.0. The molecular formula is C27H29NO5. The second-order valence-electron chi connectivity index (χ2n) is 9.14. The molecule has 6 heteroatoms. The fourth-order valence-corrected chi connectivity index (χ4v) is 3.69. The van der Waals surface area contributed by atoms with Gasteiger partial charge in [-0.2, -0.15) is 5.26 Å². The maximum atomic E-state index is 12.9. The Morgan fingerprint density at radius 2 is 1.79 bits per heavy atom. The third kappa shape index (κ3) is 6.23. The zero-order valence-corrected chi connectivity index (χ0v) is 19.4. The second-order valence-corrected chi connectivity index (χ2v) is 9.14. The number of rotatable bonds is 9. The van der Waals surface area contributed by atoms with Crippen molar-refractivity contribution in [2.45, 2.75) is 33.8 Å². The molecule has 0 radical (unpaired) electrons. The van der Waals surface area contributed by atoms with Crippen LogP contribution >= 0.6 is 0 Å². The molecule has 1 saturated carbocycles. The molecule has 2 aromatic rings. The minimum atomic E-state index is -1.06. The van der Waals surface area contributed by atoms with E-state index in [4.69, 9.17) is 14.2 Å². The minimum absolute atomic E-state index is 0.163. The predicted octanol–water partition coefficient (Wildman–Crippen LogP) is 5.61. The summed E-state index contributed by atoms with van der Waals surface area (Å²) >= 11 is 0. The lowest BCUT2D eigenvalue weighted by molar-refractivity contribution is -0.149. The maximum Gasteiger partial charge on any atom is 0.330 e. The number of allylic oxidation sites excluding steroid dienone is 1. The molecule has 1 fully saturated rings. The molecule has 2 aromatic carbocycles. The lowest BCUT2D eigenvalue weighted by atomic mass is 10.1. The number of hydrogen-bond donors (Lipinski definition) is 0. The van der Waals surface area contributed by atoms with Crippen molar-refractivity contribution in [1.29, 1.82) is 5.26 Å². The highest BCUT2D eigenvalue weighted by Crippen LogP contribution is 2.59. The first kappa shape index (κ1) is 24.1. The molecule has 0 heterocycles. The Morgan fingerprint density at radius 3 is 2.45 bits per heavy atom. The number of para-hydroxylation sites is 1. The highest BCUT2D eigenvalue weighted by Gasteiger charge is 2.61. The average molecular weight is 448 g/mol. The largest absolute Gasteiger partial charge is 0.462 e. The summed E-state index contributed by atoms with van der Waals surface area (Å²) in [7, 11) is 0. The number of esters is 2. The lowest BCUT2D eigenvalue weighted by Crippen LogP contribution is -2.14. The highest BCUT2D eigenvalue weighted by atomic mass is 16.5. The molecule has 33 heavy (non-hydrogen) atoms. The van der Waals surface area contributed by atoms with E-state index in [2.05, 4.69) is 6.07 Å². The normalized spacial score (nSPS) is 19.5. The van der Waals surface area contributed by atoms with E-state index in [-0.39, 0.29) is 17.3 Å². The van der Waals surface area contributed by atoms with Gasteiger partial charge >= 0.3 is 11.9 Å². The van der Waals surface area contributed by atoms with Crippen LogP contribution in [0.1, 0.15) is 39.4 Å². The number of ether oxygens (including phenoxy) is 3. The van der Waals surface area contributed by atoms with Gasteiger partial charge in [-0.05, 0) is 41.5 Å². The molecule has 0 aliphatic heterocycles. The standard InChI is InChI=1S/C27H29NO5/c1-18(2)17-31-24(29)14-13-22-25(27(22,3)4)26(30)33-23(16-28)19-9-8-12-21(15-19)32-20-10-6-5-7-11-20/h5-15,18,22-23,25H,17H2,1-4H3/t22-,23?,25-/m0/s1. The minimum Gasteiger partial charge on any atom is -0.462 e. The Bertz CT molecular complexity index is 1050. The monoisotopic (exact) mass is 447 g/mol. The van der Waals surface area contributed by atoms with Crippen molar-refractivity contribution in [3.8, 4) is 17.6 Å². The van der Waals surface area contributed by atoms with Gasteiger partial charge in [-0.1, -0.05) is 64.1 Å². The molecule has 0 bridgehead atoms. The van der Waals surface area contributed by atoms with E-state index in [0.717, 1.165) is 0 Å². The molecule has 1 unspecified atom stereocenters. The van der Waals surface area contributed by atoms with Crippen LogP contribution in [-0.4, -0.2) is 18.5 Å². The fourth-order valence-electron chi connectivity index (χ4n) is 3.69. The molecule has 3 atom stereocenters. The molecule has 0 aromatic heterocycles. The molecule has 1 aliphatic rings. The van der Waals surface area contributed by atoms with E-state index in [1.54, 1.807) is 30.3 Å². The van der Waals surface area contributed by atoms with Crippen molar-refractivity contribution < 1.29 is 23.8 Å². The van der Waals surface area contributed by atoms with Gasteiger partial charge in [0.25, 0.3) is 0 Å². The van der Waals surface area contributed by atoms with Crippen LogP contribution in [0.3, 0.4) is 0 Å². The van der Waals surface area contributed by atoms with E-state index < -0.39 is 24.0 Å². The Hall–Kier alpha value is -3.59. The van der Waals surface area contributed by atoms with Crippen molar-refractivity contribution >= 4 is 11.9 Å². The fraction of sp³-hybridized carbons (Fsp3) is 0.370. The van der Waals surface area contributed by atoms with Crippen LogP contribution in [-0.2, 0) is 19.1 Å². The zero-order valence-electron chi connectivity index (χ0n) is 19.4. The Labute approximate surface area is 194 Å². The highest BCUT2D eigenvalue weighted by molar-refractivity contribution is 5.83. The quantitative estimate of drug-likeness (QED) is 0.367. The van der Waals surface area contributed by atoms with Crippen molar-refractivity contribution in [2.75, 3.05) is 6.61 Å². The summed E-state index contributed by atoms with van der Waals surface area (Å²) in [4.78, 5) is 24.7. The molecular weight excluding hydrogens is 418 g/mol. The van der Waals surface area contributed by atoms with Crippen molar-refractivity contribution in [3.63, 3.8) is 0 Å². The van der Waals surface area contributed by atoms with E-state index >= 15 is 0 Å². The summed E-state index contributed by atoms with van der Waals surface area (Å²) in [5.74, 6) is -0.0319. The number of carbonyl (C=O) groups excluding carboxylic acids is 2. The van der Waals surface area contributed by atoms with Gasteiger partial charge in [-0.15, -0.1) is 0 Å². The van der Waals surface area contributed by atoms with E-state index in [1.165, 1.54) is 6.08 Å². The predicted molar refractivity (Wildman–Crippen MR) is 123 cm³/mol. The van der Waals surface area contributed by atoms with Crippen LogP contribution in [0.5, 0.6) is 11.5 Å². The Kier molecular flexibility index (Phi) is 7.55. The zero-order chi connectivity index (χ0) is 24.0. The third-order valence-corrected chi connectivity index (χ3v) is 5.65. The molecule has 0 spiro atoms. The van der Waals surface area contributed by atoms with Gasteiger partial charge in [0.05, 0.1) is 12.5 Å². The summed E-state index contributed by atoms with van der Waals surface area (Å²) in [6, 6.07) is 18.3. The molecule has 0 amide bonds. The number of nitriles is 1. The van der Waals surface area contributed by atoms with Gasteiger partial charge in [0, 0.05) is 11.6 Å². The van der Waals surface area contributed by atoms with Crippen LogP contribution in [0.25, 0.3) is 0 Å². The van der Waals surface area contributed by atoms with Crippen molar-refractivity contribution in [3.05, 3.63) is 72.3 Å². The molecule has 0 N–H and O–H groups in total. The van der Waals surface area contributed by atoms with Crippen molar-refractivity contribution in [2.24, 2.45) is 23.2 Å². The van der Waals surface area contributed by atoms with E-state index in [9.17, 15) is 14.9 Å². The smallest absolute Gasteiger partial charge is 0.330 e. The number of hydrogen-bond acceptors (Lipinski definition) is 6. The lowest BCUT2D eigenvalue weighted by Gasteiger charge is -2.13. The van der Waals surface area contributed by atoms with Gasteiger partial charge < -0.3 is 14.2 Å². The molecule has 0 saturated heterocycles. The van der Waals surface area contributed by atoms with Gasteiger partial charge in [-0.25, -0.2) is 4.79 Å². The van der Waals surface area contributed by atoms with Gasteiger partial charge in [0.1, 0.15) is 17.6 Å². The number of nitrogens with zero attached hydrogens (tertiary/aromatic N) is 1. The third-order valence-electron chi connectivity index (χ3n) is 5.65. The molecule has 6 nitrogen and oxygen atoms in total. The first-order chi connectivity index (χ1) is 15.7. The Balaban J connectivity index is 1.63. The maximum absolute atomic E-state index is 12.9. The van der Waals surface area contributed by atoms with E-state index in [0.29, 0.717) is 23.7 Å². The first-order valence-electron chi connectivity index (χ1n) is 11.0. The number of carbonyl (C=O) groups is 2. The van der Waals surface area contributed by atoms with Crippen LogP contribution in [0, 0.1) is 34.5 Å². The average Bonchev–Trinajstić information content (AvgIpc) is 3.35. The number of benzene rings is 2. The molecule has 1 aliphatic carbocycles. The van der Waals surface area contributed by atoms with Crippen molar-refractivity contribution in [1.82, 2.24) is 0 Å². The van der Waals surface area contributed by atoms with Gasteiger partial charge in [-0.3, -0.25) is 4.79 Å². The summed E-state index contributed by atoms with van der Waals surface area (Å²) in [5, 5.41) is 9.64. The Morgan fingerprint density at radius 1 is 1.09 bits per heavy atom. The second kappa shape index (κ2) is 10.4. The topological polar surface area (TPSA) is 85.6 Å². The summed E-state index contributed by atoms with van der Waals surface area (Å²) in [6.07, 6.45) is 2.01. The summed E-state index contributed by atoms with van der Waals surface area (Å²) in [6.45, 7) is 8.13. The SMILES string of the molecule is CC(C)COC(=O)C=C[C@H]1[C@@H](C(=O)OC(C#N)c2cccc(Oc3ccccc3)c2)C1(C)C. The van der Waals surface area contributed by atoms with Crippen LogP contribution in [0.15, 0.2) is 66.7 Å². The van der Waals surface area contributed by atoms with Gasteiger partial charge in [0.2, 0.25) is 6.10 Å². The van der Waals surface area contributed by atoms with E-state index in [1.807, 2.05) is 58.0 Å². The summed E-state index contributed by atoms with van der Waals surface area (Å²) in [5.41, 5.74) is 0.159. The van der Waals surface area contributed by atoms with Crippen LogP contribution in [0.2, 0.25) is 0 Å². The molecule has 172 valence electrons. The van der Waals surface area contributed by atoms with Gasteiger partial charge in [0.15, 0.2) is 0 Å². The van der Waals surface area contributed by atoms with Crippen LogP contribution in [0.4, 0.5) is 0 Å². The summed E-state index contributed by atoms with van der Waals surface area (Å²) < 4.78 is 16.5.